The van der Waals surface area contributed by atoms with Crippen LogP contribution in [-0.4, -0.2) is 24.0 Å². The van der Waals surface area contributed by atoms with Crippen LogP contribution in [0.2, 0.25) is 5.02 Å². The van der Waals surface area contributed by atoms with Crippen LogP contribution in [0.25, 0.3) is 16.6 Å². The second-order valence-corrected chi connectivity index (χ2v) is 10.5. The molecule has 12 heteroatoms. The van der Waals surface area contributed by atoms with Crippen LogP contribution in [0.15, 0.2) is 68.4 Å². The van der Waals surface area contributed by atoms with Crippen molar-refractivity contribution in [3.63, 3.8) is 0 Å². The number of thiophene rings is 1. The summed E-state index contributed by atoms with van der Waals surface area (Å²) in [6, 6.07) is 12.5. The van der Waals surface area contributed by atoms with Gasteiger partial charge in [0.05, 0.1) is 16.6 Å². The second-order valence-electron chi connectivity index (χ2n) is 6.94. The summed E-state index contributed by atoms with van der Waals surface area (Å²) in [5, 5.41) is 3.02. The number of halogens is 1. The number of amides is 2. The van der Waals surface area contributed by atoms with Crippen LogP contribution in [0.3, 0.4) is 0 Å². The fourth-order valence-corrected chi connectivity index (χ4v) is 5.51. The van der Waals surface area contributed by atoms with E-state index in [2.05, 4.69) is 10.3 Å². The highest BCUT2D eigenvalue weighted by Gasteiger charge is 2.20. The van der Waals surface area contributed by atoms with Gasteiger partial charge in [0.15, 0.2) is 0 Å². The van der Waals surface area contributed by atoms with Crippen molar-refractivity contribution in [1.82, 2.24) is 14.3 Å². The van der Waals surface area contributed by atoms with E-state index in [-0.39, 0.29) is 21.0 Å². The van der Waals surface area contributed by atoms with Gasteiger partial charge in [0.25, 0.3) is 15.6 Å². The monoisotopic (exact) mass is 504 g/mol. The average molecular weight is 505 g/mol. The van der Waals surface area contributed by atoms with Gasteiger partial charge in [0.1, 0.15) is 4.21 Å². The Hall–Kier alpha value is -3.41. The molecule has 2 heterocycles. The first-order valence-electron chi connectivity index (χ1n) is 9.65. The molecule has 0 aliphatic rings. The number of carbonyl (C=O) groups is 1. The minimum atomic E-state index is -4.00. The van der Waals surface area contributed by atoms with E-state index in [1.165, 1.54) is 36.4 Å². The SMILES string of the molecule is CCc1ccc(S(=O)(=O)NC(=O)Nc2ccc(-n3c(=O)[nH]c4ccc(Cl)cc4c3=O)cc2)s1. The zero-order chi connectivity index (χ0) is 23.8. The summed E-state index contributed by atoms with van der Waals surface area (Å²) in [5.74, 6) is 0. The van der Waals surface area contributed by atoms with Gasteiger partial charge in [-0.15, -0.1) is 11.3 Å². The molecule has 4 rings (SSSR count). The molecule has 0 aliphatic carbocycles. The molecule has 0 unspecified atom stereocenters. The van der Waals surface area contributed by atoms with E-state index in [9.17, 15) is 22.8 Å². The van der Waals surface area contributed by atoms with Crippen molar-refractivity contribution < 1.29 is 13.2 Å². The zero-order valence-electron chi connectivity index (χ0n) is 17.1. The van der Waals surface area contributed by atoms with Crippen molar-refractivity contribution in [1.29, 1.82) is 0 Å². The highest BCUT2D eigenvalue weighted by atomic mass is 35.5. The van der Waals surface area contributed by atoms with Gasteiger partial charge >= 0.3 is 11.7 Å². The summed E-state index contributed by atoms with van der Waals surface area (Å²) in [6.45, 7) is 1.90. The Kier molecular flexibility index (Phi) is 6.11. The predicted molar refractivity (Wildman–Crippen MR) is 128 cm³/mol. The lowest BCUT2D eigenvalue weighted by Gasteiger charge is -2.10. The number of urea groups is 1. The van der Waals surface area contributed by atoms with Crippen LogP contribution >= 0.6 is 22.9 Å². The quantitative estimate of drug-likeness (QED) is 0.383. The minimum Gasteiger partial charge on any atom is -0.307 e. The Morgan fingerprint density at radius 1 is 1.09 bits per heavy atom. The summed E-state index contributed by atoms with van der Waals surface area (Å²) in [5.41, 5.74) is -0.309. The van der Waals surface area contributed by atoms with Crippen molar-refractivity contribution in [2.24, 2.45) is 0 Å². The fraction of sp³-hybridized carbons (Fsp3) is 0.0952. The third-order valence-corrected chi connectivity index (χ3v) is 8.01. The number of aromatic nitrogens is 2. The molecule has 9 nitrogen and oxygen atoms in total. The van der Waals surface area contributed by atoms with E-state index in [0.29, 0.717) is 17.0 Å². The molecule has 0 atom stereocenters. The van der Waals surface area contributed by atoms with E-state index >= 15 is 0 Å². The van der Waals surface area contributed by atoms with Crippen molar-refractivity contribution in [3.8, 4) is 5.69 Å². The number of carbonyl (C=O) groups excluding carboxylic acids is 1. The van der Waals surface area contributed by atoms with Gasteiger partial charge in [-0.2, -0.15) is 0 Å². The maximum atomic E-state index is 12.8. The number of nitrogens with zero attached hydrogens (tertiary/aromatic N) is 1. The van der Waals surface area contributed by atoms with Crippen LogP contribution in [0.5, 0.6) is 0 Å². The number of hydrogen-bond donors (Lipinski definition) is 3. The van der Waals surface area contributed by atoms with Gasteiger partial charge in [-0.25, -0.2) is 27.3 Å². The van der Waals surface area contributed by atoms with Crippen LogP contribution < -0.4 is 21.3 Å². The van der Waals surface area contributed by atoms with Crippen LogP contribution in [-0.2, 0) is 16.4 Å². The standard InChI is InChI=1S/C21H17ClN4O5S2/c1-2-15-8-10-18(32-15)33(30,31)25-20(28)23-13-4-6-14(7-5-13)26-19(27)16-11-12(22)3-9-17(16)24-21(26)29/h3-11H,2H2,1H3,(H,24,29)(H2,23,25,28). The third-order valence-electron chi connectivity index (χ3n) is 4.72. The van der Waals surface area contributed by atoms with Gasteiger partial charge in [0.2, 0.25) is 0 Å². The number of aryl methyl sites for hydroxylation is 1. The molecule has 33 heavy (non-hydrogen) atoms. The Morgan fingerprint density at radius 3 is 2.48 bits per heavy atom. The number of H-pyrrole nitrogens is 1. The number of sulfonamides is 1. The molecule has 2 amide bonds. The number of fused-ring (bicyclic) bond motifs is 1. The minimum absolute atomic E-state index is 0.0415. The first-order valence-corrected chi connectivity index (χ1v) is 12.3. The van der Waals surface area contributed by atoms with Gasteiger partial charge in [-0.05, 0) is 61.0 Å². The number of hydrogen-bond acceptors (Lipinski definition) is 6. The molecule has 170 valence electrons. The molecule has 0 bridgehead atoms. The van der Waals surface area contributed by atoms with Crippen molar-refractivity contribution in [2.45, 2.75) is 17.6 Å². The van der Waals surface area contributed by atoms with Gasteiger partial charge < -0.3 is 10.3 Å². The van der Waals surface area contributed by atoms with E-state index in [4.69, 9.17) is 11.6 Å². The van der Waals surface area contributed by atoms with Crippen molar-refractivity contribution >= 4 is 55.6 Å². The average Bonchev–Trinajstić information content (AvgIpc) is 3.26. The first-order chi connectivity index (χ1) is 15.7. The Labute approximate surface area is 196 Å². The fourth-order valence-electron chi connectivity index (χ4n) is 3.14. The van der Waals surface area contributed by atoms with Crippen LogP contribution in [0.4, 0.5) is 10.5 Å². The molecule has 0 spiro atoms. The number of nitrogens with one attached hydrogen (secondary N) is 3. The lowest BCUT2D eigenvalue weighted by Crippen LogP contribution is -2.34. The highest BCUT2D eigenvalue weighted by molar-refractivity contribution is 7.92. The highest BCUT2D eigenvalue weighted by Crippen LogP contribution is 2.22. The summed E-state index contributed by atoms with van der Waals surface area (Å²) in [6.07, 6.45) is 0.689. The van der Waals surface area contributed by atoms with E-state index < -0.39 is 27.3 Å². The molecule has 0 radical (unpaired) electrons. The summed E-state index contributed by atoms with van der Waals surface area (Å²) in [4.78, 5) is 41.0. The summed E-state index contributed by atoms with van der Waals surface area (Å²) >= 11 is 7.05. The molecule has 3 N–H and O–H groups in total. The van der Waals surface area contributed by atoms with E-state index in [1.54, 1.807) is 18.2 Å². The lowest BCUT2D eigenvalue weighted by molar-refractivity contribution is 0.256. The van der Waals surface area contributed by atoms with Crippen LogP contribution in [0, 0.1) is 0 Å². The van der Waals surface area contributed by atoms with Gasteiger partial charge in [-0.3, -0.25) is 4.79 Å². The molecule has 2 aromatic heterocycles. The largest absolute Gasteiger partial charge is 0.333 e. The Balaban J connectivity index is 1.55. The number of rotatable bonds is 5. The summed E-state index contributed by atoms with van der Waals surface area (Å²) < 4.78 is 27.7. The maximum Gasteiger partial charge on any atom is 0.333 e. The molecule has 0 aliphatic heterocycles. The zero-order valence-corrected chi connectivity index (χ0v) is 19.5. The van der Waals surface area contributed by atoms with Gasteiger partial charge in [-0.1, -0.05) is 18.5 Å². The first kappa shape index (κ1) is 22.8. The van der Waals surface area contributed by atoms with Crippen LogP contribution in [0.1, 0.15) is 11.8 Å². The predicted octanol–water partition coefficient (Wildman–Crippen LogP) is 3.47. The normalized spacial score (nSPS) is 11.5. The molecular formula is C21H17ClN4O5S2. The Morgan fingerprint density at radius 2 is 1.82 bits per heavy atom. The number of benzene rings is 2. The smallest absolute Gasteiger partial charge is 0.307 e. The van der Waals surface area contributed by atoms with Crippen molar-refractivity contribution in [3.05, 3.63) is 85.3 Å². The van der Waals surface area contributed by atoms with E-state index in [0.717, 1.165) is 20.8 Å². The molecule has 4 aromatic rings. The lowest BCUT2D eigenvalue weighted by atomic mass is 10.2. The van der Waals surface area contributed by atoms with Gasteiger partial charge in [0, 0.05) is 15.6 Å². The van der Waals surface area contributed by atoms with Crippen molar-refractivity contribution in [2.75, 3.05) is 5.32 Å². The molecule has 0 fully saturated rings. The number of aromatic amines is 1. The topological polar surface area (TPSA) is 130 Å². The Bertz CT molecular complexity index is 1590. The molecule has 0 saturated carbocycles. The van der Waals surface area contributed by atoms with E-state index in [1.807, 2.05) is 11.6 Å². The molecule has 0 saturated heterocycles. The summed E-state index contributed by atoms with van der Waals surface area (Å²) in [7, 11) is -4.00. The third kappa shape index (κ3) is 4.70. The maximum absolute atomic E-state index is 12.8. The number of anilines is 1. The molecule has 2 aromatic carbocycles. The second kappa shape index (κ2) is 8.85. The molecular weight excluding hydrogens is 488 g/mol.